The van der Waals surface area contributed by atoms with Crippen molar-refractivity contribution < 1.29 is 22.3 Å². The normalized spacial score (nSPS) is 16.9. The Hall–Kier alpha value is -2.49. The number of rotatable bonds is 6. The maximum absolute atomic E-state index is 13.0. The van der Waals surface area contributed by atoms with Crippen molar-refractivity contribution >= 4 is 21.6 Å². The fourth-order valence-corrected chi connectivity index (χ4v) is 4.10. The van der Waals surface area contributed by atoms with Gasteiger partial charge in [-0.3, -0.25) is 4.79 Å². The highest BCUT2D eigenvalue weighted by Crippen LogP contribution is 2.24. The number of carbonyl (C=O) groups is 1. The molecule has 1 aliphatic rings. The van der Waals surface area contributed by atoms with Crippen molar-refractivity contribution in [1.82, 2.24) is 10.0 Å². The molecule has 0 radical (unpaired) electrons. The average molecular weight is 393 g/mol. The first kappa shape index (κ1) is 19.3. The maximum Gasteiger partial charge on any atom is 0.259 e. The number of nitrogens with one attached hydrogen (secondary N) is 3. The largest absolute Gasteiger partial charge is 0.496 e. The van der Waals surface area contributed by atoms with Crippen molar-refractivity contribution in [2.45, 2.75) is 17.4 Å². The molecule has 0 aliphatic carbocycles. The first-order valence-electron chi connectivity index (χ1n) is 8.37. The zero-order valence-corrected chi connectivity index (χ0v) is 15.5. The Kier molecular flexibility index (Phi) is 5.73. The van der Waals surface area contributed by atoms with Gasteiger partial charge in [0.2, 0.25) is 10.0 Å². The summed E-state index contributed by atoms with van der Waals surface area (Å²) in [4.78, 5) is 12.6. The first-order valence-corrected chi connectivity index (χ1v) is 9.85. The van der Waals surface area contributed by atoms with Crippen molar-refractivity contribution in [3.05, 3.63) is 53.8 Å². The molecular weight excluding hydrogens is 373 g/mol. The number of hydrogen-bond donors (Lipinski definition) is 3. The molecule has 0 bridgehead atoms. The quantitative estimate of drug-likeness (QED) is 0.695. The summed E-state index contributed by atoms with van der Waals surface area (Å²) < 4.78 is 46.0. The van der Waals surface area contributed by atoms with Gasteiger partial charge in [-0.15, -0.1) is 0 Å². The molecule has 1 amide bonds. The SMILES string of the molecule is COc1ccc(S(=O)(=O)N[C@@H]2CCNC2)cc1C(=O)Nc1ccc(F)cc1. The number of benzene rings is 2. The molecule has 3 rings (SSSR count). The van der Waals surface area contributed by atoms with Gasteiger partial charge in [-0.05, 0) is 55.4 Å². The third-order valence-corrected chi connectivity index (χ3v) is 5.73. The van der Waals surface area contributed by atoms with E-state index < -0.39 is 21.7 Å². The molecule has 2 aromatic rings. The standard InChI is InChI=1S/C18H20FN3O4S/c1-26-17-7-6-15(27(24,25)22-14-8-9-20-11-14)10-16(17)18(23)21-13-4-2-12(19)3-5-13/h2-7,10,14,20,22H,8-9,11H2,1H3,(H,21,23)/t14-/m1/s1. The lowest BCUT2D eigenvalue weighted by molar-refractivity contribution is 0.102. The first-order chi connectivity index (χ1) is 12.9. The number of amides is 1. The molecule has 1 atom stereocenters. The highest BCUT2D eigenvalue weighted by molar-refractivity contribution is 7.89. The monoisotopic (exact) mass is 393 g/mol. The van der Waals surface area contributed by atoms with E-state index in [4.69, 9.17) is 4.74 Å². The molecule has 1 fully saturated rings. The predicted octanol–water partition coefficient (Wildman–Crippen LogP) is 1.73. The summed E-state index contributed by atoms with van der Waals surface area (Å²) in [5.74, 6) is -0.750. The van der Waals surface area contributed by atoms with Gasteiger partial charge in [0.05, 0.1) is 17.6 Å². The second-order valence-corrected chi connectivity index (χ2v) is 7.85. The van der Waals surface area contributed by atoms with E-state index in [1.165, 1.54) is 49.6 Å². The van der Waals surface area contributed by atoms with Crippen LogP contribution in [0, 0.1) is 5.82 Å². The third-order valence-electron chi connectivity index (χ3n) is 4.21. The smallest absolute Gasteiger partial charge is 0.259 e. The lowest BCUT2D eigenvalue weighted by atomic mass is 10.2. The minimum absolute atomic E-state index is 0.0283. The molecule has 0 unspecified atom stereocenters. The fraction of sp³-hybridized carbons (Fsp3) is 0.278. The van der Waals surface area contributed by atoms with Gasteiger partial charge in [0, 0.05) is 18.3 Å². The van der Waals surface area contributed by atoms with Crippen molar-refractivity contribution in [2.24, 2.45) is 0 Å². The fourth-order valence-electron chi connectivity index (χ4n) is 2.81. The summed E-state index contributed by atoms with van der Waals surface area (Å²) in [5, 5.41) is 5.69. The van der Waals surface area contributed by atoms with Gasteiger partial charge in [0.1, 0.15) is 11.6 Å². The summed E-state index contributed by atoms with van der Waals surface area (Å²) >= 11 is 0. The van der Waals surface area contributed by atoms with E-state index in [1.54, 1.807) is 0 Å². The van der Waals surface area contributed by atoms with Crippen LogP contribution in [-0.4, -0.2) is 40.6 Å². The molecule has 1 heterocycles. The molecule has 0 spiro atoms. The lowest BCUT2D eigenvalue weighted by Crippen LogP contribution is -2.36. The van der Waals surface area contributed by atoms with E-state index in [9.17, 15) is 17.6 Å². The van der Waals surface area contributed by atoms with Crippen LogP contribution in [0.4, 0.5) is 10.1 Å². The Labute approximate surface area is 157 Å². The third kappa shape index (κ3) is 4.62. The molecule has 9 heteroatoms. The maximum atomic E-state index is 13.0. The van der Waals surface area contributed by atoms with Crippen LogP contribution in [0.1, 0.15) is 16.8 Å². The second-order valence-electron chi connectivity index (χ2n) is 6.13. The summed E-state index contributed by atoms with van der Waals surface area (Å²) in [6, 6.07) is 9.15. The Morgan fingerprint density at radius 2 is 1.96 bits per heavy atom. The van der Waals surface area contributed by atoms with E-state index >= 15 is 0 Å². The molecule has 1 aliphatic heterocycles. The lowest BCUT2D eigenvalue weighted by Gasteiger charge is -2.14. The molecule has 3 N–H and O–H groups in total. The molecule has 2 aromatic carbocycles. The van der Waals surface area contributed by atoms with Gasteiger partial charge in [0.25, 0.3) is 5.91 Å². The Morgan fingerprint density at radius 3 is 2.59 bits per heavy atom. The highest BCUT2D eigenvalue weighted by Gasteiger charge is 2.24. The number of ether oxygens (including phenoxy) is 1. The molecule has 1 saturated heterocycles. The van der Waals surface area contributed by atoms with E-state index in [1.807, 2.05) is 0 Å². The molecule has 144 valence electrons. The van der Waals surface area contributed by atoms with E-state index in [-0.39, 0.29) is 22.3 Å². The van der Waals surface area contributed by atoms with Crippen LogP contribution in [0.3, 0.4) is 0 Å². The summed E-state index contributed by atoms with van der Waals surface area (Å²) in [6.45, 7) is 1.31. The van der Waals surface area contributed by atoms with Crippen LogP contribution >= 0.6 is 0 Å². The van der Waals surface area contributed by atoms with Crippen LogP contribution in [0.15, 0.2) is 47.4 Å². The Bertz CT molecular complexity index is 926. The number of sulfonamides is 1. The van der Waals surface area contributed by atoms with Crippen molar-refractivity contribution in [3.8, 4) is 5.75 Å². The van der Waals surface area contributed by atoms with E-state index in [0.29, 0.717) is 18.7 Å². The molecule has 0 aromatic heterocycles. The number of methoxy groups -OCH3 is 1. The van der Waals surface area contributed by atoms with Crippen LogP contribution < -0.4 is 20.1 Å². The van der Waals surface area contributed by atoms with Gasteiger partial charge in [0.15, 0.2) is 0 Å². The minimum Gasteiger partial charge on any atom is -0.496 e. The summed E-state index contributed by atoms with van der Waals surface area (Å²) in [6.07, 6.45) is 0.702. The zero-order chi connectivity index (χ0) is 19.4. The molecular formula is C18H20FN3O4S. The minimum atomic E-state index is -3.78. The van der Waals surface area contributed by atoms with Gasteiger partial charge in [-0.2, -0.15) is 0 Å². The predicted molar refractivity (Wildman–Crippen MR) is 98.9 cm³/mol. The summed E-state index contributed by atoms with van der Waals surface area (Å²) in [5.41, 5.74) is 0.445. The van der Waals surface area contributed by atoms with Gasteiger partial charge < -0.3 is 15.4 Å². The second kappa shape index (κ2) is 8.03. The number of halogens is 1. The van der Waals surface area contributed by atoms with Crippen LogP contribution in [-0.2, 0) is 10.0 Å². The summed E-state index contributed by atoms with van der Waals surface area (Å²) in [7, 11) is -2.39. The van der Waals surface area contributed by atoms with Gasteiger partial charge >= 0.3 is 0 Å². The van der Waals surface area contributed by atoms with Crippen LogP contribution in [0.25, 0.3) is 0 Å². The van der Waals surface area contributed by atoms with Crippen molar-refractivity contribution in [2.75, 3.05) is 25.5 Å². The number of anilines is 1. The van der Waals surface area contributed by atoms with Crippen molar-refractivity contribution in [3.63, 3.8) is 0 Å². The van der Waals surface area contributed by atoms with Gasteiger partial charge in [-0.25, -0.2) is 17.5 Å². The number of hydrogen-bond acceptors (Lipinski definition) is 5. The van der Waals surface area contributed by atoms with Gasteiger partial charge in [-0.1, -0.05) is 0 Å². The zero-order valence-electron chi connectivity index (χ0n) is 14.7. The van der Waals surface area contributed by atoms with E-state index in [2.05, 4.69) is 15.4 Å². The highest BCUT2D eigenvalue weighted by atomic mass is 32.2. The van der Waals surface area contributed by atoms with Crippen molar-refractivity contribution in [1.29, 1.82) is 0 Å². The molecule has 27 heavy (non-hydrogen) atoms. The molecule has 0 saturated carbocycles. The Balaban J connectivity index is 1.86. The van der Waals surface area contributed by atoms with Crippen LogP contribution in [0.2, 0.25) is 0 Å². The topological polar surface area (TPSA) is 96.5 Å². The number of carbonyl (C=O) groups excluding carboxylic acids is 1. The average Bonchev–Trinajstić information content (AvgIpc) is 3.15. The van der Waals surface area contributed by atoms with Crippen LogP contribution in [0.5, 0.6) is 5.75 Å². The Morgan fingerprint density at radius 1 is 1.22 bits per heavy atom. The molecule has 7 nitrogen and oxygen atoms in total. The van der Waals surface area contributed by atoms with E-state index in [0.717, 1.165) is 6.54 Å².